The zero-order chi connectivity index (χ0) is 12.0. The second-order valence-corrected chi connectivity index (χ2v) is 3.67. The zero-order valence-corrected chi connectivity index (χ0v) is 9.65. The molecule has 0 aromatic rings. The molecule has 0 radical (unpaired) electrons. The number of carbonyl (C=O) groups is 2. The van der Waals surface area contributed by atoms with Crippen LogP contribution in [-0.2, 0) is 14.3 Å². The first kappa shape index (κ1) is 12.6. The molecule has 0 unspecified atom stereocenters. The summed E-state index contributed by atoms with van der Waals surface area (Å²) in [7, 11) is 3.35. The Morgan fingerprint density at radius 3 is 2.88 bits per heavy atom. The number of hydrogen-bond donors (Lipinski definition) is 1. The van der Waals surface area contributed by atoms with E-state index in [1.165, 1.54) is 0 Å². The van der Waals surface area contributed by atoms with Crippen LogP contribution in [0.4, 0.5) is 0 Å². The number of amides is 2. The maximum atomic E-state index is 11.8. The lowest BCUT2D eigenvalue weighted by atomic mass is 10.1. The van der Waals surface area contributed by atoms with Crippen molar-refractivity contribution in [2.75, 3.05) is 27.3 Å². The van der Waals surface area contributed by atoms with Crippen LogP contribution in [0.2, 0.25) is 0 Å². The summed E-state index contributed by atoms with van der Waals surface area (Å²) >= 11 is 0. The molecule has 1 rings (SSSR count). The highest BCUT2D eigenvalue weighted by Crippen LogP contribution is 2.03. The fourth-order valence-corrected chi connectivity index (χ4v) is 1.40. The first-order valence-electron chi connectivity index (χ1n) is 5.25. The molecular formula is C10H17N3O3. The van der Waals surface area contributed by atoms with Gasteiger partial charge < -0.3 is 9.64 Å². The van der Waals surface area contributed by atoms with Crippen LogP contribution in [0, 0.1) is 0 Å². The van der Waals surface area contributed by atoms with E-state index in [4.69, 9.17) is 4.74 Å². The van der Waals surface area contributed by atoms with E-state index in [1.807, 2.05) is 0 Å². The van der Waals surface area contributed by atoms with Gasteiger partial charge in [-0.15, -0.1) is 0 Å². The lowest BCUT2D eigenvalue weighted by Crippen LogP contribution is -2.38. The molecule has 0 aromatic heterocycles. The highest BCUT2D eigenvalue weighted by Gasteiger charge is 2.20. The maximum absolute atomic E-state index is 11.8. The van der Waals surface area contributed by atoms with Crippen molar-refractivity contribution in [1.29, 1.82) is 0 Å². The minimum Gasteiger partial charge on any atom is -0.385 e. The SMILES string of the molecule is COCCCN(C)C(=O)C1=NNC(=O)CC1. The van der Waals surface area contributed by atoms with Crippen molar-refractivity contribution in [1.82, 2.24) is 10.3 Å². The quantitative estimate of drug-likeness (QED) is 0.658. The van der Waals surface area contributed by atoms with Crippen molar-refractivity contribution in [3.05, 3.63) is 0 Å². The first-order valence-corrected chi connectivity index (χ1v) is 5.25. The highest BCUT2D eigenvalue weighted by atomic mass is 16.5. The molecular weight excluding hydrogens is 210 g/mol. The average molecular weight is 227 g/mol. The molecule has 0 atom stereocenters. The summed E-state index contributed by atoms with van der Waals surface area (Å²) in [5.41, 5.74) is 2.73. The van der Waals surface area contributed by atoms with Gasteiger partial charge in [0.2, 0.25) is 5.91 Å². The van der Waals surface area contributed by atoms with E-state index in [0.29, 0.717) is 31.7 Å². The van der Waals surface area contributed by atoms with E-state index in [0.717, 1.165) is 6.42 Å². The van der Waals surface area contributed by atoms with Gasteiger partial charge in [-0.25, -0.2) is 5.43 Å². The molecule has 0 aromatic carbocycles. The number of rotatable bonds is 5. The van der Waals surface area contributed by atoms with Crippen LogP contribution in [-0.4, -0.2) is 49.7 Å². The summed E-state index contributed by atoms with van der Waals surface area (Å²) in [4.78, 5) is 24.2. The summed E-state index contributed by atoms with van der Waals surface area (Å²) in [5.74, 6) is -0.269. The second kappa shape index (κ2) is 6.22. The molecule has 1 heterocycles. The Morgan fingerprint density at radius 1 is 1.56 bits per heavy atom. The molecule has 0 bridgehead atoms. The van der Waals surface area contributed by atoms with Gasteiger partial charge in [0.05, 0.1) is 0 Å². The summed E-state index contributed by atoms with van der Waals surface area (Å²) in [5, 5.41) is 3.75. The van der Waals surface area contributed by atoms with Crippen LogP contribution in [0.5, 0.6) is 0 Å². The van der Waals surface area contributed by atoms with Crippen molar-refractivity contribution in [3.8, 4) is 0 Å². The Morgan fingerprint density at radius 2 is 2.31 bits per heavy atom. The third-order valence-corrected chi connectivity index (χ3v) is 2.34. The van der Waals surface area contributed by atoms with Crippen LogP contribution < -0.4 is 5.43 Å². The van der Waals surface area contributed by atoms with Crippen LogP contribution in [0.25, 0.3) is 0 Å². The average Bonchev–Trinajstić information content (AvgIpc) is 2.29. The zero-order valence-electron chi connectivity index (χ0n) is 9.65. The van der Waals surface area contributed by atoms with Gasteiger partial charge in [0.1, 0.15) is 5.71 Å². The summed E-state index contributed by atoms with van der Waals surface area (Å²) in [6.07, 6.45) is 1.54. The van der Waals surface area contributed by atoms with E-state index >= 15 is 0 Å². The smallest absolute Gasteiger partial charge is 0.269 e. The highest BCUT2D eigenvalue weighted by molar-refractivity contribution is 6.39. The van der Waals surface area contributed by atoms with Crippen molar-refractivity contribution in [2.45, 2.75) is 19.3 Å². The van der Waals surface area contributed by atoms with E-state index in [2.05, 4.69) is 10.5 Å². The van der Waals surface area contributed by atoms with Crippen molar-refractivity contribution >= 4 is 17.5 Å². The van der Waals surface area contributed by atoms with Gasteiger partial charge in [-0.05, 0) is 6.42 Å². The minimum atomic E-state index is -0.140. The number of nitrogens with zero attached hydrogens (tertiary/aromatic N) is 2. The Balaban J connectivity index is 2.41. The number of ether oxygens (including phenoxy) is 1. The van der Waals surface area contributed by atoms with Crippen molar-refractivity contribution < 1.29 is 14.3 Å². The first-order chi connectivity index (χ1) is 7.65. The number of nitrogens with one attached hydrogen (secondary N) is 1. The topological polar surface area (TPSA) is 71.0 Å². The molecule has 6 nitrogen and oxygen atoms in total. The number of methoxy groups -OCH3 is 1. The Labute approximate surface area is 94.6 Å². The van der Waals surface area contributed by atoms with E-state index < -0.39 is 0 Å². The largest absolute Gasteiger partial charge is 0.385 e. The van der Waals surface area contributed by atoms with Gasteiger partial charge in [-0.2, -0.15) is 5.10 Å². The molecule has 0 saturated heterocycles. The minimum absolute atomic E-state index is 0.129. The Kier molecular flexibility index (Phi) is 4.91. The number of carbonyl (C=O) groups excluding carboxylic acids is 2. The van der Waals surface area contributed by atoms with Gasteiger partial charge >= 0.3 is 0 Å². The molecule has 0 aliphatic carbocycles. The van der Waals surface area contributed by atoms with Gasteiger partial charge in [-0.1, -0.05) is 0 Å². The molecule has 0 spiro atoms. The molecule has 16 heavy (non-hydrogen) atoms. The van der Waals surface area contributed by atoms with Gasteiger partial charge in [0, 0.05) is 40.2 Å². The van der Waals surface area contributed by atoms with E-state index in [9.17, 15) is 9.59 Å². The van der Waals surface area contributed by atoms with Crippen LogP contribution in [0.3, 0.4) is 0 Å². The second-order valence-electron chi connectivity index (χ2n) is 3.67. The van der Waals surface area contributed by atoms with E-state index in [-0.39, 0.29) is 11.8 Å². The molecule has 90 valence electrons. The number of hydrogen-bond acceptors (Lipinski definition) is 4. The molecule has 2 amide bonds. The maximum Gasteiger partial charge on any atom is 0.269 e. The third kappa shape index (κ3) is 3.62. The third-order valence-electron chi connectivity index (χ3n) is 2.34. The lowest BCUT2D eigenvalue weighted by molar-refractivity contribution is -0.123. The summed E-state index contributed by atoms with van der Waals surface area (Å²) in [6, 6.07) is 0. The predicted octanol–water partition coefficient (Wildman–Crippen LogP) is -0.253. The molecule has 6 heteroatoms. The fourth-order valence-electron chi connectivity index (χ4n) is 1.40. The summed E-state index contributed by atoms with van der Waals surface area (Å²) < 4.78 is 4.91. The van der Waals surface area contributed by atoms with Gasteiger partial charge in [-0.3, -0.25) is 9.59 Å². The van der Waals surface area contributed by atoms with Gasteiger partial charge in [0.15, 0.2) is 0 Å². The fraction of sp³-hybridized carbons (Fsp3) is 0.700. The standard InChI is InChI=1S/C10H17N3O3/c1-13(6-3-7-16-2)10(15)8-4-5-9(14)12-11-8/h3-7H2,1-2H3,(H,12,14). The molecule has 0 fully saturated rings. The molecule has 1 aliphatic heterocycles. The monoisotopic (exact) mass is 227 g/mol. The van der Waals surface area contributed by atoms with Gasteiger partial charge in [0.25, 0.3) is 5.91 Å². The van der Waals surface area contributed by atoms with Crippen molar-refractivity contribution in [3.63, 3.8) is 0 Å². The van der Waals surface area contributed by atoms with E-state index in [1.54, 1.807) is 19.1 Å². The van der Waals surface area contributed by atoms with Crippen LogP contribution >= 0.6 is 0 Å². The Bertz CT molecular complexity index is 302. The lowest BCUT2D eigenvalue weighted by Gasteiger charge is -2.19. The molecule has 1 N–H and O–H groups in total. The Hall–Kier alpha value is -1.43. The predicted molar refractivity (Wildman–Crippen MR) is 58.9 cm³/mol. The molecule has 0 saturated carbocycles. The number of hydrazone groups is 1. The van der Waals surface area contributed by atoms with Crippen LogP contribution in [0.1, 0.15) is 19.3 Å². The van der Waals surface area contributed by atoms with Crippen molar-refractivity contribution in [2.24, 2.45) is 5.10 Å². The normalized spacial score (nSPS) is 15.4. The van der Waals surface area contributed by atoms with Crippen LogP contribution in [0.15, 0.2) is 5.10 Å². The summed E-state index contributed by atoms with van der Waals surface area (Å²) in [6.45, 7) is 1.25. The molecule has 1 aliphatic rings.